The number of hydrogen-bond donors (Lipinski definition) is 0. The van der Waals surface area contributed by atoms with Crippen LogP contribution < -0.4 is 0 Å². The van der Waals surface area contributed by atoms with Crippen LogP contribution in [0, 0.1) is 5.82 Å². The minimum atomic E-state index is -0.146. The van der Waals surface area contributed by atoms with Crippen LogP contribution >= 0.6 is 0 Å². The maximum atomic E-state index is 14.4. The van der Waals surface area contributed by atoms with Crippen molar-refractivity contribution in [2.24, 2.45) is 0 Å². The molecule has 2 aromatic carbocycles. The van der Waals surface area contributed by atoms with Crippen LogP contribution in [0.4, 0.5) is 4.39 Å². The third-order valence-electron chi connectivity index (χ3n) is 4.96. The average molecular weight is 362 g/mol. The summed E-state index contributed by atoms with van der Waals surface area (Å²) in [7, 11) is 0. The number of pyridine rings is 1. The van der Waals surface area contributed by atoms with E-state index in [0.717, 1.165) is 47.2 Å². The topological polar surface area (TPSA) is 12.9 Å². The van der Waals surface area contributed by atoms with Gasteiger partial charge in [0.15, 0.2) is 0 Å². The normalized spacial score (nSPS) is 10.9. The molecule has 0 unspecified atom stereocenters. The zero-order valence-electron chi connectivity index (χ0n) is 16.3. The van der Waals surface area contributed by atoms with E-state index in [4.69, 9.17) is 0 Å². The van der Waals surface area contributed by atoms with Gasteiger partial charge in [-0.15, -0.1) is 0 Å². The predicted molar refractivity (Wildman–Crippen MR) is 112 cm³/mol. The first kappa shape index (κ1) is 19.3. The standard InChI is InChI=1S/C25H28FN/c1-3-5-6-8-23-15-14-22(18-27-23)20-10-12-21(13-11-20)24-16-9-19(7-4-2)17-25(24)26/h9-18H,3-8H2,1-2H3. The highest BCUT2D eigenvalue weighted by atomic mass is 19.1. The number of aryl methyl sites for hydroxylation is 2. The van der Waals surface area contributed by atoms with Gasteiger partial charge in [0.2, 0.25) is 0 Å². The Morgan fingerprint density at radius 2 is 1.48 bits per heavy atom. The summed E-state index contributed by atoms with van der Waals surface area (Å²) >= 11 is 0. The molecule has 0 bridgehead atoms. The quantitative estimate of drug-likeness (QED) is 0.385. The zero-order valence-corrected chi connectivity index (χ0v) is 16.3. The molecule has 0 spiro atoms. The third-order valence-corrected chi connectivity index (χ3v) is 4.96. The summed E-state index contributed by atoms with van der Waals surface area (Å²) in [4.78, 5) is 4.59. The van der Waals surface area contributed by atoms with E-state index >= 15 is 0 Å². The molecule has 3 aromatic rings. The SMILES string of the molecule is CCCCCc1ccc(-c2ccc(-c3ccc(CCC)cc3F)cc2)cn1. The van der Waals surface area contributed by atoms with Crippen molar-refractivity contribution in [1.82, 2.24) is 4.98 Å². The summed E-state index contributed by atoms with van der Waals surface area (Å²) in [6.07, 6.45) is 8.60. The van der Waals surface area contributed by atoms with Gasteiger partial charge in [0.1, 0.15) is 5.82 Å². The van der Waals surface area contributed by atoms with Gasteiger partial charge in [-0.25, -0.2) is 4.39 Å². The maximum absolute atomic E-state index is 14.4. The van der Waals surface area contributed by atoms with Crippen molar-refractivity contribution in [3.63, 3.8) is 0 Å². The molecule has 1 aromatic heterocycles. The van der Waals surface area contributed by atoms with Crippen LogP contribution in [0.3, 0.4) is 0 Å². The van der Waals surface area contributed by atoms with Crippen LogP contribution in [0.25, 0.3) is 22.3 Å². The molecule has 3 rings (SSSR count). The highest BCUT2D eigenvalue weighted by Gasteiger charge is 2.07. The first-order chi connectivity index (χ1) is 13.2. The molecule has 0 saturated heterocycles. The summed E-state index contributed by atoms with van der Waals surface area (Å²) in [5, 5.41) is 0. The summed E-state index contributed by atoms with van der Waals surface area (Å²) in [5.41, 5.74) is 5.97. The first-order valence-corrected chi connectivity index (χ1v) is 10.1. The van der Waals surface area contributed by atoms with Gasteiger partial charge in [-0.3, -0.25) is 4.98 Å². The largest absolute Gasteiger partial charge is 0.261 e. The lowest BCUT2D eigenvalue weighted by Gasteiger charge is -2.08. The Morgan fingerprint density at radius 3 is 2.11 bits per heavy atom. The molecule has 0 radical (unpaired) electrons. The van der Waals surface area contributed by atoms with Crippen LogP contribution in [-0.2, 0) is 12.8 Å². The summed E-state index contributed by atoms with van der Waals surface area (Å²) < 4.78 is 14.4. The molecular weight excluding hydrogens is 333 g/mol. The lowest BCUT2D eigenvalue weighted by molar-refractivity contribution is 0.628. The first-order valence-electron chi connectivity index (χ1n) is 10.1. The number of rotatable bonds is 8. The Kier molecular flexibility index (Phi) is 6.75. The molecule has 0 saturated carbocycles. The Bertz CT molecular complexity index is 850. The van der Waals surface area contributed by atoms with E-state index in [1.54, 1.807) is 6.07 Å². The van der Waals surface area contributed by atoms with Crippen LogP contribution in [0.5, 0.6) is 0 Å². The number of hydrogen-bond acceptors (Lipinski definition) is 1. The van der Waals surface area contributed by atoms with Gasteiger partial charge in [0, 0.05) is 23.0 Å². The van der Waals surface area contributed by atoms with Crippen LogP contribution in [0.2, 0.25) is 0 Å². The molecule has 0 fully saturated rings. The van der Waals surface area contributed by atoms with Gasteiger partial charge >= 0.3 is 0 Å². The molecule has 0 amide bonds. The molecule has 0 aliphatic rings. The second-order valence-electron chi connectivity index (χ2n) is 7.14. The Hall–Kier alpha value is -2.48. The Balaban J connectivity index is 1.73. The van der Waals surface area contributed by atoms with Crippen molar-refractivity contribution in [2.75, 3.05) is 0 Å². The van der Waals surface area contributed by atoms with Crippen LogP contribution in [0.1, 0.15) is 50.8 Å². The number of nitrogens with zero attached hydrogens (tertiary/aromatic N) is 1. The molecular formula is C25H28FN. The van der Waals surface area contributed by atoms with Gasteiger partial charge in [-0.1, -0.05) is 75.6 Å². The second kappa shape index (κ2) is 9.45. The maximum Gasteiger partial charge on any atom is 0.131 e. The van der Waals surface area contributed by atoms with Crippen molar-refractivity contribution >= 4 is 0 Å². The molecule has 1 heterocycles. The number of halogens is 1. The molecule has 0 aliphatic carbocycles. The van der Waals surface area contributed by atoms with Crippen molar-refractivity contribution < 1.29 is 4.39 Å². The van der Waals surface area contributed by atoms with E-state index < -0.39 is 0 Å². The van der Waals surface area contributed by atoms with Gasteiger partial charge < -0.3 is 0 Å². The van der Waals surface area contributed by atoms with Crippen molar-refractivity contribution in [3.05, 3.63) is 77.9 Å². The molecule has 1 nitrogen and oxygen atoms in total. The monoisotopic (exact) mass is 361 g/mol. The fourth-order valence-corrected chi connectivity index (χ4v) is 3.38. The minimum Gasteiger partial charge on any atom is -0.261 e. The number of unbranched alkanes of at least 4 members (excludes halogenated alkanes) is 2. The molecule has 0 atom stereocenters. The highest BCUT2D eigenvalue weighted by Crippen LogP contribution is 2.27. The second-order valence-corrected chi connectivity index (χ2v) is 7.14. The lowest BCUT2D eigenvalue weighted by atomic mass is 9.99. The summed E-state index contributed by atoms with van der Waals surface area (Å²) in [6.45, 7) is 4.32. The third kappa shape index (κ3) is 5.03. The fraction of sp³-hybridized carbons (Fsp3) is 0.320. The summed E-state index contributed by atoms with van der Waals surface area (Å²) in [6, 6.07) is 17.9. The van der Waals surface area contributed by atoms with E-state index in [0.29, 0.717) is 5.56 Å². The van der Waals surface area contributed by atoms with Gasteiger partial charge in [0.05, 0.1) is 0 Å². The molecule has 27 heavy (non-hydrogen) atoms. The van der Waals surface area contributed by atoms with Crippen LogP contribution in [0.15, 0.2) is 60.8 Å². The smallest absolute Gasteiger partial charge is 0.131 e. The van der Waals surface area contributed by atoms with E-state index in [2.05, 4.69) is 31.0 Å². The molecule has 0 aliphatic heterocycles. The average Bonchev–Trinajstić information content (AvgIpc) is 2.69. The molecule has 0 N–H and O–H groups in total. The Morgan fingerprint density at radius 1 is 0.741 bits per heavy atom. The highest BCUT2D eigenvalue weighted by molar-refractivity contribution is 5.70. The number of benzene rings is 2. The zero-order chi connectivity index (χ0) is 19.1. The molecule has 140 valence electrons. The molecule has 2 heteroatoms. The van der Waals surface area contributed by atoms with E-state index in [1.165, 1.54) is 19.3 Å². The summed E-state index contributed by atoms with van der Waals surface area (Å²) in [5.74, 6) is -0.146. The minimum absolute atomic E-state index is 0.146. The lowest BCUT2D eigenvalue weighted by Crippen LogP contribution is -1.91. The van der Waals surface area contributed by atoms with Gasteiger partial charge in [0.25, 0.3) is 0 Å². The van der Waals surface area contributed by atoms with E-state index in [-0.39, 0.29) is 5.82 Å². The fourth-order valence-electron chi connectivity index (χ4n) is 3.38. The van der Waals surface area contributed by atoms with Crippen molar-refractivity contribution in [1.29, 1.82) is 0 Å². The van der Waals surface area contributed by atoms with E-state index in [1.807, 2.05) is 42.6 Å². The predicted octanol–water partition coefficient (Wildman–Crippen LogP) is 7.24. The number of aromatic nitrogens is 1. The van der Waals surface area contributed by atoms with Crippen LogP contribution in [-0.4, -0.2) is 4.98 Å². The van der Waals surface area contributed by atoms with Gasteiger partial charge in [-0.2, -0.15) is 0 Å². The van der Waals surface area contributed by atoms with Crippen molar-refractivity contribution in [2.45, 2.75) is 52.4 Å². The van der Waals surface area contributed by atoms with Gasteiger partial charge in [-0.05, 0) is 48.1 Å². The Labute approximate surface area is 162 Å². The van der Waals surface area contributed by atoms with Crippen molar-refractivity contribution in [3.8, 4) is 22.3 Å². The van der Waals surface area contributed by atoms with E-state index in [9.17, 15) is 4.39 Å².